The molecule has 0 amide bonds. The van der Waals surface area contributed by atoms with Crippen molar-refractivity contribution in [2.24, 2.45) is 5.73 Å². The van der Waals surface area contributed by atoms with Crippen molar-refractivity contribution in [2.45, 2.75) is 31.1 Å². The van der Waals surface area contributed by atoms with E-state index in [-0.39, 0.29) is 18.5 Å². The average molecular weight is 208 g/mol. The van der Waals surface area contributed by atoms with E-state index >= 15 is 0 Å². The van der Waals surface area contributed by atoms with Gasteiger partial charge in [-0.15, -0.1) is 0 Å². The Labute approximate surface area is 81.6 Å². The molecule has 2 atom stereocenters. The zero-order chi connectivity index (χ0) is 10.9. The van der Waals surface area contributed by atoms with Gasteiger partial charge in [0.2, 0.25) is 0 Å². The van der Waals surface area contributed by atoms with Gasteiger partial charge >= 0.3 is 6.18 Å². The number of nitrogens with zero attached hydrogens (tertiary/aromatic N) is 1. The smallest absolute Gasteiger partial charge is 0.326 e. The Balaban J connectivity index is 2.76. The van der Waals surface area contributed by atoms with E-state index in [9.17, 15) is 13.2 Å². The standard InChI is InChI=1S/C9H15F3N2/c1-14(2)8-5-6(9(10,11)12)3-4-7(8)13/h3,7-8H,4-5,13H2,1-2H3/t7-,8-/m0/s1. The molecule has 0 bridgehead atoms. The number of likely N-dealkylation sites (N-methyl/N-ethyl adjacent to an activating group) is 1. The van der Waals surface area contributed by atoms with Gasteiger partial charge < -0.3 is 10.6 Å². The van der Waals surface area contributed by atoms with Gasteiger partial charge in [-0.3, -0.25) is 0 Å². The molecule has 0 unspecified atom stereocenters. The number of alkyl halides is 3. The first-order chi connectivity index (χ1) is 6.32. The molecule has 0 radical (unpaired) electrons. The maximum absolute atomic E-state index is 12.4. The molecule has 2 N–H and O–H groups in total. The summed E-state index contributed by atoms with van der Waals surface area (Å²) in [4.78, 5) is 1.75. The number of halogens is 3. The minimum atomic E-state index is -4.20. The second-order valence-corrected chi connectivity index (χ2v) is 3.86. The van der Waals surface area contributed by atoms with Gasteiger partial charge in [0.25, 0.3) is 0 Å². The molecule has 0 heterocycles. The van der Waals surface area contributed by atoms with Gasteiger partial charge in [0.05, 0.1) is 0 Å². The van der Waals surface area contributed by atoms with Gasteiger partial charge in [-0.05, 0) is 26.9 Å². The fraction of sp³-hybridized carbons (Fsp3) is 0.778. The van der Waals surface area contributed by atoms with Crippen LogP contribution in [0.3, 0.4) is 0 Å². The predicted octanol–water partition coefficient (Wildman–Crippen LogP) is 1.53. The summed E-state index contributed by atoms with van der Waals surface area (Å²) in [5.74, 6) is 0. The largest absolute Gasteiger partial charge is 0.412 e. The second kappa shape index (κ2) is 3.90. The van der Waals surface area contributed by atoms with Crippen molar-refractivity contribution >= 4 is 0 Å². The Kier molecular flexibility index (Phi) is 3.21. The first-order valence-electron chi connectivity index (χ1n) is 4.50. The summed E-state index contributed by atoms with van der Waals surface area (Å²) in [7, 11) is 3.51. The topological polar surface area (TPSA) is 29.3 Å². The molecule has 0 aromatic heterocycles. The maximum atomic E-state index is 12.4. The highest BCUT2D eigenvalue weighted by molar-refractivity contribution is 5.16. The number of hydrogen-bond acceptors (Lipinski definition) is 2. The summed E-state index contributed by atoms with van der Waals surface area (Å²) >= 11 is 0. The summed E-state index contributed by atoms with van der Waals surface area (Å²) in [6.07, 6.45) is -2.69. The Morgan fingerprint density at radius 2 is 2.00 bits per heavy atom. The quantitative estimate of drug-likeness (QED) is 0.662. The van der Waals surface area contributed by atoms with E-state index in [1.54, 1.807) is 19.0 Å². The second-order valence-electron chi connectivity index (χ2n) is 3.86. The maximum Gasteiger partial charge on any atom is 0.412 e. The highest BCUT2D eigenvalue weighted by Crippen LogP contribution is 2.33. The van der Waals surface area contributed by atoms with Crippen LogP contribution in [0.4, 0.5) is 13.2 Å². The van der Waals surface area contributed by atoms with Crippen LogP contribution >= 0.6 is 0 Å². The lowest BCUT2D eigenvalue weighted by molar-refractivity contribution is -0.0971. The molecular weight excluding hydrogens is 193 g/mol. The van der Waals surface area contributed by atoms with Crippen LogP contribution < -0.4 is 5.73 Å². The normalized spacial score (nSPS) is 29.2. The zero-order valence-electron chi connectivity index (χ0n) is 8.30. The molecular formula is C9H15F3N2. The molecule has 2 nitrogen and oxygen atoms in total. The van der Waals surface area contributed by atoms with Crippen molar-refractivity contribution in [2.75, 3.05) is 14.1 Å². The van der Waals surface area contributed by atoms with E-state index in [0.717, 1.165) is 0 Å². The lowest BCUT2D eigenvalue weighted by atomic mass is 9.90. The number of hydrogen-bond donors (Lipinski definition) is 1. The van der Waals surface area contributed by atoms with Crippen LogP contribution in [0.15, 0.2) is 11.6 Å². The Morgan fingerprint density at radius 1 is 1.43 bits per heavy atom. The molecule has 1 aliphatic carbocycles. The summed E-state index contributed by atoms with van der Waals surface area (Å²) in [5, 5.41) is 0. The van der Waals surface area contributed by atoms with Gasteiger partial charge in [-0.1, -0.05) is 6.08 Å². The first-order valence-corrected chi connectivity index (χ1v) is 4.50. The van der Waals surface area contributed by atoms with Crippen LogP contribution in [0.2, 0.25) is 0 Å². The average Bonchev–Trinajstić information content (AvgIpc) is 2.02. The molecule has 1 rings (SSSR count). The molecule has 0 spiro atoms. The Morgan fingerprint density at radius 3 is 2.43 bits per heavy atom. The molecule has 0 aromatic rings. The van der Waals surface area contributed by atoms with E-state index in [1.807, 2.05) is 0 Å². The van der Waals surface area contributed by atoms with Crippen molar-refractivity contribution < 1.29 is 13.2 Å². The monoisotopic (exact) mass is 208 g/mol. The van der Waals surface area contributed by atoms with Gasteiger partial charge in [0.15, 0.2) is 0 Å². The van der Waals surface area contributed by atoms with Crippen molar-refractivity contribution in [3.05, 3.63) is 11.6 Å². The minimum absolute atomic E-state index is 0.00231. The molecule has 0 saturated carbocycles. The van der Waals surface area contributed by atoms with Gasteiger partial charge in [-0.2, -0.15) is 13.2 Å². The molecule has 5 heteroatoms. The lowest BCUT2D eigenvalue weighted by Crippen LogP contribution is -2.47. The highest BCUT2D eigenvalue weighted by atomic mass is 19.4. The fourth-order valence-corrected chi connectivity index (χ4v) is 1.69. The van der Waals surface area contributed by atoms with Crippen LogP contribution in [-0.4, -0.2) is 37.3 Å². The fourth-order valence-electron chi connectivity index (χ4n) is 1.69. The van der Waals surface area contributed by atoms with Gasteiger partial charge in [0, 0.05) is 17.7 Å². The summed E-state index contributed by atoms with van der Waals surface area (Å²) in [6.45, 7) is 0. The zero-order valence-corrected chi connectivity index (χ0v) is 8.30. The molecule has 0 aromatic carbocycles. The SMILES string of the molecule is CN(C)[C@H]1CC(C(F)(F)F)=CC[C@@H]1N. The summed E-state index contributed by atoms with van der Waals surface area (Å²) in [5.41, 5.74) is 5.29. The Hall–Kier alpha value is -0.550. The van der Waals surface area contributed by atoms with E-state index in [2.05, 4.69) is 0 Å². The van der Waals surface area contributed by atoms with E-state index < -0.39 is 11.7 Å². The number of rotatable bonds is 1. The predicted molar refractivity (Wildman–Crippen MR) is 48.8 cm³/mol. The summed E-state index contributed by atoms with van der Waals surface area (Å²) < 4.78 is 37.1. The molecule has 1 aliphatic rings. The van der Waals surface area contributed by atoms with Gasteiger partial charge in [0.1, 0.15) is 0 Å². The van der Waals surface area contributed by atoms with Crippen LogP contribution in [0.5, 0.6) is 0 Å². The van der Waals surface area contributed by atoms with Crippen LogP contribution in [0.1, 0.15) is 12.8 Å². The van der Waals surface area contributed by atoms with Crippen LogP contribution in [0, 0.1) is 0 Å². The first kappa shape index (κ1) is 11.5. The summed E-state index contributed by atoms with van der Waals surface area (Å²) in [6, 6.07) is -0.410. The molecule has 82 valence electrons. The molecule has 0 fully saturated rings. The van der Waals surface area contributed by atoms with Crippen molar-refractivity contribution in [1.29, 1.82) is 0 Å². The van der Waals surface area contributed by atoms with E-state index in [4.69, 9.17) is 5.73 Å². The van der Waals surface area contributed by atoms with Crippen LogP contribution in [0.25, 0.3) is 0 Å². The Bertz CT molecular complexity index is 233. The van der Waals surface area contributed by atoms with Crippen molar-refractivity contribution in [3.8, 4) is 0 Å². The minimum Gasteiger partial charge on any atom is -0.326 e. The number of nitrogens with two attached hydrogens (primary N) is 1. The molecule has 0 aliphatic heterocycles. The van der Waals surface area contributed by atoms with Crippen molar-refractivity contribution in [1.82, 2.24) is 4.90 Å². The highest BCUT2D eigenvalue weighted by Gasteiger charge is 2.38. The van der Waals surface area contributed by atoms with Gasteiger partial charge in [-0.25, -0.2) is 0 Å². The van der Waals surface area contributed by atoms with E-state index in [0.29, 0.717) is 6.42 Å². The van der Waals surface area contributed by atoms with E-state index in [1.165, 1.54) is 6.08 Å². The van der Waals surface area contributed by atoms with Crippen molar-refractivity contribution in [3.63, 3.8) is 0 Å². The third-order valence-electron chi connectivity index (χ3n) is 2.59. The lowest BCUT2D eigenvalue weighted by Gasteiger charge is -2.34. The van der Waals surface area contributed by atoms with Crippen LogP contribution in [-0.2, 0) is 0 Å². The third-order valence-corrected chi connectivity index (χ3v) is 2.59. The molecule has 14 heavy (non-hydrogen) atoms. The molecule has 0 saturated heterocycles. The third kappa shape index (κ3) is 2.48.